The van der Waals surface area contributed by atoms with Gasteiger partial charge in [-0.1, -0.05) is 47.5 Å². The van der Waals surface area contributed by atoms with Crippen molar-refractivity contribution in [3.63, 3.8) is 0 Å². The van der Waals surface area contributed by atoms with Gasteiger partial charge in [0.2, 0.25) is 0 Å². The monoisotopic (exact) mass is 307 g/mol. The van der Waals surface area contributed by atoms with E-state index in [1.165, 1.54) is 16.7 Å². The Labute approximate surface area is 130 Å². The second-order valence-electron chi connectivity index (χ2n) is 5.03. The molecule has 2 aromatic carbocycles. The SMILES string of the molecule is Cc1cccc(C)c1CNCCc1ccc(Cl)cc1Cl. The van der Waals surface area contributed by atoms with Crippen LogP contribution in [0.4, 0.5) is 0 Å². The summed E-state index contributed by atoms with van der Waals surface area (Å²) in [5.41, 5.74) is 5.18. The predicted octanol–water partition coefficient (Wildman–Crippen LogP) is 4.94. The maximum Gasteiger partial charge on any atom is 0.0453 e. The highest BCUT2D eigenvalue weighted by Gasteiger charge is 2.03. The molecule has 0 amide bonds. The molecule has 2 rings (SSSR count). The Hall–Kier alpha value is -1.02. The number of aryl methyl sites for hydroxylation is 2. The predicted molar refractivity (Wildman–Crippen MR) is 87.8 cm³/mol. The van der Waals surface area contributed by atoms with Crippen LogP contribution in [0.1, 0.15) is 22.3 Å². The molecule has 0 saturated carbocycles. The van der Waals surface area contributed by atoms with E-state index in [-0.39, 0.29) is 0 Å². The molecule has 0 radical (unpaired) electrons. The number of rotatable bonds is 5. The van der Waals surface area contributed by atoms with Gasteiger partial charge >= 0.3 is 0 Å². The van der Waals surface area contributed by atoms with Crippen molar-refractivity contribution in [1.82, 2.24) is 5.32 Å². The standard InChI is InChI=1S/C17H19Cl2N/c1-12-4-3-5-13(2)16(12)11-20-9-8-14-6-7-15(18)10-17(14)19/h3-7,10,20H,8-9,11H2,1-2H3. The molecule has 0 spiro atoms. The van der Waals surface area contributed by atoms with Crippen LogP contribution in [0, 0.1) is 13.8 Å². The van der Waals surface area contributed by atoms with Gasteiger partial charge in [0.25, 0.3) is 0 Å². The summed E-state index contributed by atoms with van der Waals surface area (Å²) in [6, 6.07) is 12.1. The summed E-state index contributed by atoms with van der Waals surface area (Å²) in [4.78, 5) is 0. The minimum atomic E-state index is 0.683. The molecule has 0 fully saturated rings. The lowest BCUT2D eigenvalue weighted by Crippen LogP contribution is -2.18. The molecule has 0 bridgehead atoms. The zero-order valence-corrected chi connectivity index (χ0v) is 13.4. The molecule has 1 N–H and O–H groups in total. The Morgan fingerprint density at radius 3 is 2.35 bits per heavy atom. The Morgan fingerprint density at radius 2 is 1.70 bits per heavy atom. The normalized spacial score (nSPS) is 10.8. The summed E-state index contributed by atoms with van der Waals surface area (Å²) in [7, 11) is 0. The highest BCUT2D eigenvalue weighted by atomic mass is 35.5. The molecule has 0 heterocycles. The number of nitrogens with one attached hydrogen (secondary N) is 1. The fourth-order valence-electron chi connectivity index (χ4n) is 2.29. The van der Waals surface area contributed by atoms with Crippen molar-refractivity contribution in [2.24, 2.45) is 0 Å². The van der Waals surface area contributed by atoms with Gasteiger partial charge in [-0.3, -0.25) is 0 Å². The van der Waals surface area contributed by atoms with Gasteiger partial charge in [-0.15, -0.1) is 0 Å². The van der Waals surface area contributed by atoms with Crippen LogP contribution in [0.2, 0.25) is 10.0 Å². The molecule has 0 aliphatic heterocycles. The number of hydrogen-bond donors (Lipinski definition) is 1. The van der Waals surface area contributed by atoms with Crippen molar-refractivity contribution in [2.45, 2.75) is 26.8 Å². The van der Waals surface area contributed by atoms with E-state index in [1.54, 1.807) is 6.07 Å². The fraction of sp³-hybridized carbons (Fsp3) is 0.294. The molecule has 0 aliphatic carbocycles. The molecule has 0 aromatic heterocycles. The maximum atomic E-state index is 6.16. The number of halogens is 2. The van der Waals surface area contributed by atoms with Crippen molar-refractivity contribution in [2.75, 3.05) is 6.54 Å². The number of benzene rings is 2. The van der Waals surface area contributed by atoms with E-state index in [4.69, 9.17) is 23.2 Å². The second kappa shape index (κ2) is 7.12. The first-order valence-electron chi connectivity index (χ1n) is 6.77. The lowest BCUT2D eigenvalue weighted by Gasteiger charge is -2.11. The quantitative estimate of drug-likeness (QED) is 0.771. The second-order valence-corrected chi connectivity index (χ2v) is 5.88. The van der Waals surface area contributed by atoms with Gasteiger partial charge in [-0.2, -0.15) is 0 Å². The summed E-state index contributed by atoms with van der Waals surface area (Å²) >= 11 is 12.1. The van der Waals surface area contributed by atoms with E-state index >= 15 is 0 Å². The van der Waals surface area contributed by atoms with Crippen LogP contribution in [0.25, 0.3) is 0 Å². The molecule has 0 atom stereocenters. The van der Waals surface area contributed by atoms with Crippen LogP contribution in [-0.2, 0) is 13.0 Å². The van der Waals surface area contributed by atoms with Crippen molar-refractivity contribution in [3.05, 3.63) is 68.7 Å². The van der Waals surface area contributed by atoms with Crippen molar-refractivity contribution in [1.29, 1.82) is 0 Å². The molecule has 1 nitrogen and oxygen atoms in total. The molecular weight excluding hydrogens is 289 g/mol. The Kier molecular flexibility index (Phi) is 5.47. The average Bonchev–Trinajstić information content (AvgIpc) is 2.39. The summed E-state index contributed by atoms with van der Waals surface area (Å²) in [6.45, 7) is 6.10. The van der Waals surface area contributed by atoms with Gasteiger partial charge in [0.15, 0.2) is 0 Å². The first-order valence-corrected chi connectivity index (χ1v) is 7.53. The third kappa shape index (κ3) is 3.99. The summed E-state index contributed by atoms with van der Waals surface area (Å²) in [5, 5.41) is 4.91. The highest BCUT2D eigenvalue weighted by molar-refractivity contribution is 6.35. The van der Waals surface area contributed by atoms with Gasteiger partial charge < -0.3 is 5.32 Å². The summed E-state index contributed by atoms with van der Waals surface area (Å²) in [6.07, 6.45) is 0.904. The van der Waals surface area contributed by atoms with E-state index in [9.17, 15) is 0 Å². The average molecular weight is 308 g/mol. The van der Waals surface area contributed by atoms with E-state index in [1.807, 2.05) is 12.1 Å². The van der Waals surface area contributed by atoms with Gasteiger partial charge in [0, 0.05) is 16.6 Å². The first kappa shape index (κ1) is 15.4. The molecule has 0 saturated heterocycles. The Balaban J connectivity index is 1.88. The largest absolute Gasteiger partial charge is 0.312 e. The van der Waals surface area contributed by atoms with Crippen LogP contribution in [0.15, 0.2) is 36.4 Å². The van der Waals surface area contributed by atoms with Crippen LogP contribution < -0.4 is 5.32 Å². The van der Waals surface area contributed by atoms with Crippen molar-refractivity contribution in [3.8, 4) is 0 Å². The van der Waals surface area contributed by atoms with Gasteiger partial charge in [-0.05, 0) is 61.2 Å². The first-order chi connectivity index (χ1) is 9.58. The molecule has 0 aliphatic rings. The Bertz CT molecular complexity index is 573. The molecular formula is C17H19Cl2N. The van der Waals surface area contributed by atoms with E-state index in [0.29, 0.717) is 5.02 Å². The van der Waals surface area contributed by atoms with Crippen LogP contribution in [0.5, 0.6) is 0 Å². The van der Waals surface area contributed by atoms with Crippen LogP contribution in [-0.4, -0.2) is 6.54 Å². The topological polar surface area (TPSA) is 12.0 Å². The van der Waals surface area contributed by atoms with Gasteiger partial charge in [0.05, 0.1) is 0 Å². The Morgan fingerprint density at radius 1 is 1.00 bits per heavy atom. The number of hydrogen-bond acceptors (Lipinski definition) is 1. The summed E-state index contributed by atoms with van der Waals surface area (Å²) in [5.74, 6) is 0. The third-order valence-electron chi connectivity index (χ3n) is 3.53. The zero-order chi connectivity index (χ0) is 14.5. The molecule has 2 aromatic rings. The molecule has 106 valence electrons. The highest BCUT2D eigenvalue weighted by Crippen LogP contribution is 2.21. The molecule has 20 heavy (non-hydrogen) atoms. The smallest absolute Gasteiger partial charge is 0.0453 e. The fourth-order valence-corrected chi connectivity index (χ4v) is 2.79. The molecule has 3 heteroatoms. The lowest BCUT2D eigenvalue weighted by atomic mass is 10.0. The van der Waals surface area contributed by atoms with E-state index in [0.717, 1.165) is 30.1 Å². The minimum absolute atomic E-state index is 0.683. The maximum absolute atomic E-state index is 6.16. The third-order valence-corrected chi connectivity index (χ3v) is 4.12. The van der Waals surface area contributed by atoms with Crippen LogP contribution >= 0.6 is 23.2 Å². The summed E-state index contributed by atoms with van der Waals surface area (Å²) < 4.78 is 0. The minimum Gasteiger partial charge on any atom is -0.312 e. The van der Waals surface area contributed by atoms with Gasteiger partial charge in [-0.25, -0.2) is 0 Å². The zero-order valence-electron chi connectivity index (χ0n) is 11.8. The molecule has 0 unspecified atom stereocenters. The lowest BCUT2D eigenvalue weighted by molar-refractivity contribution is 0.682. The van der Waals surface area contributed by atoms with Crippen molar-refractivity contribution >= 4 is 23.2 Å². The van der Waals surface area contributed by atoms with Crippen LogP contribution in [0.3, 0.4) is 0 Å². The van der Waals surface area contributed by atoms with E-state index in [2.05, 4.69) is 37.4 Å². The van der Waals surface area contributed by atoms with Gasteiger partial charge in [0.1, 0.15) is 0 Å². The van der Waals surface area contributed by atoms with E-state index < -0.39 is 0 Å². The van der Waals surface area contributed by atoms with Crippen molar-refractivity contribution < 1.29 is 0 Å².